The maximum absolute atomic E-state index is 10.7. The van der Waals surface area contributed by atoms with E-state index in [1.165, 1.54) is 0 Å². The molecule has 0 unspecified atom stereocenters. The summed E-state index contributed by atoms with van der Waals surface area (Å²) < 4.78 is 9.76. The Hall–Kier alpha value is -0.570. The highest BCUT2D eigenvalue weighted by molar-refractivity contribution is 5.68. The lowest BCUT2D eigenvalue weighted by molar-refractivity contribution is -0.144. The minimum absolute atomic E-state index is 0.145. The van der Waals surface area contributed by atoms with Crippen LogP contribution < -0.4 is 0 Å². The molecule has 0 rings (SSSR count). The monoisotopic (exact) mass is 160 g/mol. The minimum Gasteiger partial charge on any atom is -0.465 e. The average Bonchev–Trinajstić information content (AvgIpc) is 2.01. The minimum atomic E-state index is -0.145. The van der Waals surface area contributed by atoms with Gasteiger partial charge in [0.2, 0.25) is 0 Å². The van der Waals surface area contributed by atoms with E-state index < -0.39 is 0 Å². The molecule has 0 aliphatic rings. The smallest absolute Gasteiger partial charge is 0.305 e. The Morgan fingerprint density at radius 1 is 1.45 bits per heavy atom. The van der Waals surface area contributed by atoms with Crippen molar-refractivity contribution in [3.05, 3.63) is 0 Å². The van der Waals surface area contributed by atoms with E-state index in [-0.39, 0.29) is 11.9 Å². The fourth-order valence-electron chi connectivity index (χ4n) is 0.670. The zero-order chi connectivity index (χ0) is 8.69. The van der Waals surface area contributed by atoms with E-state index in [0.717, 1.165) is 0 Å². The van der Waals surface area contributed by atoms with E-state index in [1.54, 1.807) is 14.0 Å². The lowest BCUT2D eigenvalue weighted by Gasteiger charge is -2.09. The predicted molar refractivity (Wildman–Crippen MR) is 42.3 cm³/mol. The van der Waals surface area contributed by atoms with E-state index in [9.17, 15) is 4.79 Å². The van der Waals surface area contributed by atoms with Crippen molar-refractivity contribution in [3.63, 3.8) is 0 Å². The predicted octanol–water partition coefficient (Wildman–Crippen LogP) is 1.22. The molecule has 0 radical (unpaired) electrons. The van der Waals surface area contributed by atoms with Gasteiger partial charge in [-0.25, -0.2) is 0 Å². The molecule has 0 aliphatic heterocycles. The highest BCUT2D eigenvalue weighted by Crippen LogP contribution is 1.97. The second-order valence-electron chi connectivity index (χ2n) is 2.60. The van der Waals surface area contributed by atoms with Crippen molar-refractivity contribution < 1.29 is 14.3 Å². The highest BCUT2D eigenvalue weighted by Gasteiger charge is 2.04. The maximum atomic E-state index is 10.7. The van der Waals surface area contributed by atoms with Crippen LogP contribution in [0.5, 0.6) is 0 Å². The summed E-state index contributed by atoms with van der Waals surface area (Å²) in [7, 11) is 1.64. The molecule has 0 aliphatic carbocycles. The summed E-state index contributed by atoms with van der Waals surface area (Å²) in [4.78, 5) is 10.7. The zero-order valence-corrected chi connectivity index (χ0v) is 7.42. The van der Waals surface area contributed by atoms with Crippen LogP contribution >= 0.6 is 0 Å². The molecule has 0 fully saturated rings. The van der Waals surface area contributed by atoms with Gasteiger partial charge in [0.05, 0.1) is 13.2 Å². The molecule has 66 valence electrons. The van der Waals surface area contributed by atoms with Gasteiger partial charge in [-0.15, -0.1) is 0 Å². The van der Waals surface area contributed by atoms with Gasteiger partial charge in [0.25, 0.3) is 0 Å². The molecule has 0 saturated heterocycles. The van der Waals surface area contributed by atoms with Crippen LogP contribution in [-0.4, -0.2) is 26.3 Å². The molecule has 0 aromatic heterocycles. The second kappa shape index (κ2) is 6.16. The molecule has 0 amide bonds. The Morgan fingerprint density at radius 3 is 2.55 bits per heavy atom. The Bertz CT molecular complexity index is 112. The second-order valence-corrected chi connectivity index (χ2v) is 2.60. The van der Waals surface area contributed by atoms with Crippen molar-refractivity contribution in [1.29, 1.82) is 0 Å². The molecule has 0 spiro atoms. The standard InChI is InChI=1S/C8H16O3/c1-4-8(9)11-6-7(2)5-10-3/h7H,4-6H2,1-3H3/t7-/m0/s1. The summed E-state index contributed by atoms with van der Waals surface area (Å²) in [5.74, 6) is 0.142. The van der Waals surface area contributed by atoms with Crippen LogP contribution in [0.25, 0.3) is 0 Å². The first-order valence-corrected chi connectivity index (χ1v) is 3.85. The van der Waals surface area contributed by atoms with E-state index in [0.29, 0.717) is 19.6 Å². The topological polar surface area (TPSA) is 35.5 Å². The Morgan fingerprint density at radius 2 is 2.09 bits per heavy atom. The highest BCUT2D eigenvalue weighted by atomic mass is 16.5. The van der Waals surface area contributed by atoms with Crippen LogP contribution in [0.2, 0.25) is 0 Å². The maximum Gasteiger partial charge on any atom is 0.305 e. The molecular formula is C8H16O3. The third-order valence-electron chi connectivity index (χ3n) is 1.27. The Kier molecular flexibility index (Phi) is 5.84. The molecule has 11 heavy (non-hydrogen) atoms. The first-order valence-electron chi connectivity index (χ1n) is 3.85. The van der Waals surface area contributed by atoms with Crippen molar-refractivity contribution in [2.24, 2.45) is 5.92 Å². The Labute approximate surface area is 67.7 Å². The van der Waals surface area contributed by atoms with Crippen molar-refractivity contribution in [2.75, 3.05) is 20.3 Å². The number of rotatable bonds is 5. The first-order chi connectivity index (χ1) is 5.20. The zero-order valence-electron chi connectivity index (χ0n) is 7.42. The van der Waals surface area contributed by atoms with E-state index in [1.807, 2.05) is 6.92 Å². The molecule has 1 atom stereocenters. The van der Waals surface area contributed by atoms with Crippen molar-refractivity contribution in [2.45, 2.75) is 20.3 Å². The quantitative estimate of drug-likeness (QED) is 0.567. The van der Waals surface area contributed by atoms with Gasteiger partial charge in [-0.2, -0.15) is 0 Å². The van der Waals surface area contributed by atoms with Gasteiger partial charge < -0.3 is 9.47 Å². The van der Waals surface area contributed by atoms with Crippen molar-refractivity contribution in [1.82, 2.24) is 0 Å². The van der Waals surface area contributed by atoms with Crippen LogP contribution in [0.1, 0.15) is 20.3 Å². The lowest BCUT2D eigenvalue weighted by Crippen LogP contribution is -2.14. The number of methoxy groups -OCH3 is 1. The van der Waals surface area contributed by atoms with E-state index >= 15 is 0 Å². The van der Waals surface area contributed by atoms with Crippen LogP contribution in [0.15, 0.2) is 0 Å². The van der Waals surface area contributed by atoms with Crippen molar-refractivity contribution >= 4 is 5.97 Å². The third kappa shape index (κ3) is 5.85. The van der Waals surface area contributed by atoms with Crippen LogP contribution in [0.4, 0.5) is 0 Å². The number of carbonyl (C=O) groups is 1. The normalized spacial score (nSPS) is 12.6. The molecule has 0 heterocycles. The molecule has 0 aromatic rings. The fourth-order valence-corrected chi connectivity index (χ4v) is 0.670. The van der Waals surface area contributed by atoms with Crippen LogP contribution in [-0.2, 0) is 14.3 Å². The van der Waals surface area contributed by atoms with Gasteiger partial charge in [0.1, 0.15) is 0 Å². The van der Waals surface area contributed by atoms with E-state index in [2.05, 4.69) is 0 Å². The van der Waals surface area contributed by atoms with Gasteiger partial charge in [0, 0.05) is 19.4 Å². The molecule has 3 heteroatoms. The summed E-state index contributed by atoms with van der Waals surface area (Å²) in [6.07, 6.45) is 0.444. The molecule has 0 aromatic carbocycles. The lowest BCUT2D eigenvalue weighted by atomic mass is 10.2. The van der Waals surface area contributed by atoms with Gasteiger partial charge in [-0.05, 0) is 0 Å². The molecule has 0 N–H and O–H groups in total. The van der Waals surface area contributed by atoms with Crippen LogP contribution in [0, 0.1) is 5.92 Å². The first kappa shape index (κ1) is 10.4. The largest absolute Gasteiger partial charge is 0.465 e. The van der Waals surface area contributed by atoms with Crippen LogP contribution in [0.3, 0.4) is 0 Å². The van der Waals surface area contributed by atoms with E-state index in [4.69, 9.17) is 9.47 Å². The number of hydrogen-bond donors (Lipinski definition) is 0. The number of hydrogen-bond acceptors (Lipinski definition) is 3. The number of ether oxygens (including phenoxy) is 2. The third-order valence-corrected chi connectivity index (χ3v) is 1.27. The summed E-state index contributed by atoms with van der Waals surface area (Å²) >= 11 is 0. The summed E-state index contributed by atoms with van der Waals surface area (Å²) in [6, 6.07) is 0. The summed E-state index contributed by atoms with van der Waals surface area (Å²) in [5.41, 5.74) is 0. The van der Waals surface area contributed by atoms with Crippen molar-refractivity contribution in [3.8, 4) is 0 Å². The van der Waals surface area contributed by atoms with Gasteiger partial charge in [-0.3, -0.25) is 4.79 Å². The SMILES string of the molecule is CCC(=O)OC[C@@H](C)COC. The van der Waals surface area contributed by atoms with Gasteiger partial charge in [0.15, 0.2) is 0 Å². The Balaban J connectivity index is 3.29. The number of carbonyl (C=O) groups excluding carboxylic acids is 1. The molecular weight excluding hydrogens is 144 g/mol. The average molecular weight is 160 g/mol. The summed E-state index contributed by atoms with van der Waals surface area (Å²) in [5, 5.41) is 0. The molecule has 0 saturated carbocycles. The number of esters is 1. The molecule has 0 bridgehead atoms. The fraction of sp³-hybridized carbons (Fsp3) is 0.875. The molecule has 3 nitrogen and oxygen atoms in total. The summed E-state index contributed by atoms with van der Waals surface area (Å²) in [6.45, 7) is 4.85. The van der Waals surface area contributed by atoms with Gasteiger partial charge >= 0.3 is 5.97 Å². The van der Waals surface area contributed by atoms with Gasteiger partial charge in [-0.1, -0.05) is 13.8 Å².